The molecule has 2 aliphatic rings. The molecule has 146 valence electrons. The third-order valence-corrected chi connectivity index (χ3v) is 6.19. The summed E-state index contributed by atoms with van der Waals surface area (Å²) in [5.74, 6) is 2.66. The minimum atomic E-state index is 0.461. The van der Waals surface area contributed by atoms with E-state index >= 15 is 0 Å². The molecule has 0 spiro atoms. The summed E-state index contributed by atoms with van der Waals surface area (Å²) in [5.41, 5.74) is 9.27. The van der Waals surface area contributed by atoms with Crippen molar-refractivity contribution in [3.63, 3.8) is 0 Å². The largest absolute Gasteiger partial charge is 0.405 e. The van der Waals surface area contributed by atoms with Crippen LogP contribution in [-0.4, -0.2) is 16.5 Å². The van der Waals surface area contributed by atoms with Gasteiger partial charge in [0.2, 0.25) is 0 Å². The number of H-pyrrole nitrogens is 1. The number of aromatic nitrogens is 2. The summed E-state index contributed by atoms with van der Waals surface area (Å²) in [6, 6.07) is 4.03. The molecule has 0 aromatic carbocycles. The van der Waals surface area contributed by atoms with Crippen molar-refractivity contribution in [2.45, 2.75) is 46.0 Å². The number of rotatable bonds is 4. The van der Waals surface area contributed by atoms with Crippen LogP contribution in [0.15, 0.2) is 43.9 Å². The fraction of sp³-hybridized carbons (Fsp3) is 0.522. The van der Waals surface area contributed by atoms with Crippen LogP contribution in [0.25, 0.3) is 16.7 Å². The molecule has 2 atom stereocenters. The SMILES string of the molecule is C=C(NCC12CC(C)CC(CC(C)C1)C2)c1c[nH]c2cccnc12.C=CN. The standard InChI is InChI=1S/C21H29N3.C2H5N/c1-14-7-17-8-15(2)10-21(9-14,11-17)13-24-16(3)18-12-23-19-5-4-6-22-20(18)19;1-2-3/h4-6,12,14-15,17,23-24H,3,7-11,13H2,1-2H3;2H,1,3H2. The van der Waals surface area contributed by atoms with E-state index in [0.717, 1.165) is 46.6 Å². The molecule has 4 N–H and O–H groups in total. The zero-order valence-corrected chi connectivity index (χ0v) is 16.8. The van der Waals surface area contributed by atoms with Gasteiger partial charge in [0.25, 0.3) is 0 Å². The highest BCUT2D eigenvalue weighted by Crippen LogP contribution is 2.52. The molecular weight excluding hydrogens is 332 g/mol. The average Bonchev–Trinajstić information content (AvgIpc) is 3.03. The molecule has 2 fully saturated rings. The molecule has 2 aromatic heterocycles. The first kappa shape index (κ1) is 19.5. The van der Waals surface area contributed by atoms with Crippen molar-refractivity contribution in [1.82, 2.24) is 15.3 Å². The molecule has 0 aliphatic heterocycles. The van der Waals surface area contributed by atoms with Gasteiger partial charge in [-0.3, -0.25) is 4.98 Å². The van der Waals surface area contributed by atoms with Gasteiger partial charge in [0.1, 0.15) is 0 Å². The van der Waals surface area contributed by atoms with Crippen LogP contribution in [0.2, 0.25) is 0 Å². The third-order valence-electron chi connectivity index (χ3n) is 6.19. The highest BCUT2D eigenvalue weighted by Gasteiger charge is 2.43. The van der Waals surface area contributed by atoms with Gasteiger partial charge in [0, 0.05) is 30.2 Å². The summed E-state index contributed by atoms with van der Waals surface area (Å²) in [5, 5.41) is 3.68. The number of aromatic amines is 1. The molecule has 0 amide bonds. The molecule has 0 saturated heterocycles. The lowest BCUT2D eigenvalue weighted by molar-refractivity contribution is 0.0214. The van der Waals surface area contributed by atoms with Crippen LogP contribution in [0.4, 0.5) is 0 Å². The van der Waals surface area contributed by atoms with Crippen molar-refractivity contribution in [2.24, 2.45) is 28.9 Å². The predicted molar refractivity (Wildman–Crippen MR) is 115 cm³/mol. The molecule has 2 heterocycles. The molecular formula is C23H34N4. The van der Waals surface area contributed by atoms with Gasteiger partial charge in [-0.25, -0.2) is 0 Å². The Kier molecular flexibility index (Phi) is 5.93. The van der Waals surface area contributed by atoms with E-state index in [0.29, 0.717) is 5.41 Å². The number of hydrogen-bond acceptors (Lipinski definition) is 3. The summed E-state index contributed by atoms with van der Waals surface area (Å²) < 4.78 is 0. The van der Waals surface area contributed by atoms with Gasteiger partial charge in [-0.15, -0.1) is 0 Å². The van der Waals surface area contributed by atoms with Crippen molar-refractivity contribution in [2.75, 3.05) is 6.54 Å². The van der Waals surface area contributed by atoms with E-state index < -0.39 is 0 Å². The topological polar surface area (TPSA) is 66.7 Å². The van der Waals surface area contributed by atoms with Crippen LogP contribution in [0, 0.1) is 23.2 Å². The maximum absolute atomic E-state index is 4.61. The van der Waals surface area contributed by atoms with E-state index in [2.05, 4.69) is 54.1 Å². The molecule has 27 heavy (non-hydrogen) atoms. The van der Waals surface area contributed by atoms with Crippen LogP contribution in [0.5, 0.6) is 0 Å². The average molecular weight is 367 g/mol. The van der Waals surface area contributed by atoms with Crippen LogP contribution >= 0.6 is 0 Å². The highest BCUT2D eigenvalue weighted by atomic mass is 14.9. The maximum Gasteiger partial charge on any atom is 0.0971 e. The van der Waals surface area contributed by atoms with Gasteiger partial charge in [0.05, 0.1) is 11.0 Å². The zero-order chi connectivity index (χ0) is 19.4. The first-order chi connectivity index (χ1) is 13.0. The number of nitrogens with zero attached hydrogens (tertiary/aromatic N) is 1. The lowest BCUT2D eigenvalue weighted by Crippen LogP contribution is -2.44. The van der Waals surface area contributed by atoms with Gasteiger partial charge < -0.3 is 16.0 Å². The first-order valence-electron chi connectivity index (χ1n) is 10.1. The maximum atomic E-state index is 4.61. The van der Waals surface area contributed by atoms with Crippen LogP contribution in [0.3, 0.4) is 0 Å². The Morgan fingerprint density at radius 2 is 2.00 bits per heavy atom. The van der Waals surface area contributed by atoms with Crippen molar-refractivity contribution >= 4 is 16.7 Å². The van der Waals surface area contributed by atoms with Crippen LogP contribution in [0.1, 0.15) is 51.5 Å². The Hall–Kier alpha value is -2.23. The van der Waals surface area contributed by atoms with E-state index in [4.69, 9.17) is 0 Å². The Balaban J connectivity index is 0.000000659. The van der Waals surface area contributed by atoms with E-state index in [1.807, 2.05) is 18.5 Å². The number of hydrogen-bond donors (Lipinski definition) is 3. The molecule has 2 bridgehead atoms. The Morgan fingerprint density at radius 1 is 1.33 bits per heavy atom. The van der Waals surface area contributed by atoms with Crippen LogP contribution in [-0.2, 0) is 0 Å². The fourth-order valence-corrected chi connectivity index (χ4v) is 5.70. The van der Waals surface area contributed by atoms with Gasteiger partial charge >= 0.3 is 0 Å². The van der Waals surface area contributed by atoms with Crippen molar-refractivity contribution in [3.05, 3.63) is 49.4 Å². The summed E-state index contributed by atoms with van der Waals surface area (Å²) >= 11 is 0. The van der Waals surface area contributed by atoms with Gasteiger partial charge in [-0.05, 0) is 73.6 Å². The molecule has 4 nitrogen and oxygen atoms in total. The normalized spacial score (nSPS) is 29.5. The zero-order valence-electron chi connectivity index (χ0n) is 16.8. The minimum absolute atomic E-state index is 0.461. The second kappa shape index (κ2) is 8.20. The lowest BCUT2D eigenvalue weighted by atomic mass is 9.57. The first-order valence-corrected chi connectivity index (χ1v) is 10.1. The Morgan fingerprint density at radius 3 is 2.67 bits per heavy atom. The predicted octanol–water partition coefficient (Wildman–Crippen LogP) is 5.06. The summed E-state index contributed by atoms with van der Waals surface area (Å²) in [6.45, 7) is 13.4. The number of nitrogens with one attached hydrogen (secondary N) is 2. The van der Waals surface area contributed by atoms with Crippen molar-refractivity contribution in [1.29, 1.82) is 0 Å². The summed E-state index contributed by atoms with van der Waals surface area (Å²) in [4.78, 5) is 7.81. The molecule has 0 radical (unpaired) electrons. The smallest absolute Gasteiger partial charge is 0.0971 e. The van der Waals surface area contributed by atoms with E-state index in [9.17, 15) is 0 Å². The molecule has 2 aromatic rings. The minimum Gasteiger partial charge on any atom is -0.405 e. The molecule has 2 aliphatic carbocycles. The Bertz CT molecular complexity index is 771. The quantitative estimate of drug-likeness (QED) is 0.708. The van der Waals surface area contributed by atoms with E-state index in [1.54, 1.807) is 0 Å². The molecule has 4 heteroatoms. The summed E-state index contributed by atoms with van der Waals surface area (Å²) in [6.07, 6.45) is 12.1. The fourth-order valence-electron chi connectivity index (χ4n) is 5.70. The second-order valence-corrected chi connectivity index (χ2v) is 8.83. The third kappa shape index (κ3) is 4.37. The van der Waals surface area contributed by atoms with Crippen LogP contribution < -0.4 is 11.1 Å². The molecule has 2 saturated carbocycles. The number of pyridine rings is 1. The monoisotopic (exact) mass is 366 g/mol. The van der Waals surface area contributed by atoms with Gasteiger partial charge in [-0.1, -0.05) is 27.0 Å². The molecule has 4 rings (SSSR count). The highest BCUT2D eigenvalue weighted by molar-refractivity contribution is 5.88. The van der Waals surface area contributed by atoms with E-state index in [-0.39, 0.29) is 0 Å². The van der Waals surface area contributed by atoms with E-state index in [1.165, 1.54) is 38.3 Å². The van der Waals surface area contributed by atoms with Gasteiger partial charge in [0.15, 0.2) is 0 Å². The summed E-state index contributed by atoms with van der Waals surface area (Å²) in [7, 11) is 0. The molecule has 2 unspecified atom stereocenters. The Labute approximate surface area is 163 Å². The lowest BCUT2D eigenvalue weighted by Gasteiger charge is -2.50. The van der Waals surface area contributed by atoms with Crippen molar-refractivity contribution in [3.8, 4) is 0 Å². The number of nitrogens with two attached hydrogens (primary N) is 1. The number of fused-ring (bicyclic) bond motifs is 3. The van der Waals surface area contributed by atoms with Gasteiger partial charge in [-0.2, -0.15) is 0 Å². The second-order valence-electron chi connectivity index (χ2n) is 8.83. The van der Waals surface area contributed by atoms with Crippen molar-refractivity contribution < 1.29 is 0 Å².